The maximum absolute atomic E-state index is 9.18. The highest BCUT2D eigenvalue weighted by Gasteiger charge is 2.21. The zero-order valence-electron chi connectivity index (χ0n) is 14.3. The standard InChI is InChI=1S/C14H16N4O2S.C2H2O4/c1-9-2-3-10(7-15)14(17-9)21-13(6-11(16)8-19)12-4-5-20-18-12;3-1(4)2(5)6/h2-5,11,13,19H,6,8,16H2,1H3;(H,3,4)(H,5,6)/t11-,13?;/m0./s1. The van der Waals surface area contributed by atoms with Gasteiger partial charge in [-0.2, -0.15) is 5.26 Å². The summed E-state index contributed by atoms with van der Waals surface area (Å²) in [6, 6.07) is 7.07. The molecule has 27 heavy (non-hydrogen) atoms. The summed E-state index contributed by atoms with van der Waals surface area (Å²) in [5.41, 5.74) is 7.89. The van der Waals surface area contributed by atoms with Gasteiger partial charge < -0.3 is 25.6 Å². The number of aliphatic carboxylic acids is 2. The summed E-state index contributed by atoms with van der Waals surface area (Å²) in [7, 11) is 0. The van der Waals surface area contributed by atoms with Crippen molar-refractivity contribution in [3.8, 4) is 6.07 Å². The Balaban J connectivity index is 0.000000527. The van der Waals surface area contributed by atoms with Gasteiger partial charge in [0.1, 0.15) is 17.4 Å². The monoisotopic (exact) mass is 394 g/mol. The lowest BCUT2D eigenvalue weighted by atomic mass is 10.1. The molecule has 0 aromatic carbocycles. The molecule has 2 heterocycles. The van der Waals surface area contributed by atoms with Crippen molar-refractivity contribution in [3.63, 3.8) is 0 Å². The first-order valence-electron chi connectivity index (χ1n) is 7.55. The molecule has 0 radical (unpaired) electrons. The highest BCUT2D eigenvalue weighted by molar-refractivity contribution is 7.99. The Labute approximate surface area is 158 Å². The van der Waals surface area contributed by atoms with Crippen LogP contribution in [-0.4, -0.2) is 50.0 Å². The molecule has 0 aliphatic heterocycles. The van der Waals surface area contributed by atoms with Crippen LogP contribution in [0.2, 0.25) is 0 Å². The summed E-state index contributed by atoms with van der Waals surface area (Å²) in [6.45, 7) is 1.76. The molecule has 5 N–H and O–H groups in total. The summed E-state index contributed by atoms with van der Waals surface area (Å²) < 4.78 is 4.88. The molecule has 10 nitrogen and oxygen atoms in total. The second kappa shape index (κ2) is 10.9. The van der Waals surface area contributed by atoms with E-state index in [4.69, 9.17) is 35.2 Å². The maximum atomic E-state index is 9.18. The molecular weight excluding hydrogens is 376 g/mol. The largest absolute Gasteiger partial charge is 0.473 e. The van der Waals surface area contributed by atoms with Crippen LogP contribution in [0.5, 0.6) is 0 Å². The number of nitriles is 1. The number of nitrogens with two attached hydrogens (primary N) is 1. The Morgan fingerprint density at radius 3 is 2.48 bits per heavy atom. The number of aryl methyl sites for hydroxylation is 1. The van der Waals surface area contributed by atoms with Gasteiger partial charge in [0.25, 0.3) is 0 Å². The highest BCUT2D eigenvalue weighted by Crippen LogP contribution is 2.38. The average Bonchev–Trinajstić information content (AvgIpc) is 3.16. The van der Waals surface area contributed by atoms with Gasteiger partial charge in [0.2, 0.25) is 0 Å². The number of hydrogen-bond donors (Lipinski definition) is 4. The third-order valence-corrected chi connectivity index (χ3v) is 4.35. The van der Waals surface area contributed by atoms with Crippen LogP contribution in [0, 0.1) is 18.3 Å². The number of pyridine rings is 1. The van der Waals surface area contributed by atoms with E-state index in [0.717, 1.165) is 11.4 Å². The predicted molar refractivity (Wildman–Crippen MR) is 93.7 cm³/mol. The third kappa shape index (κ3) is 7.45. The van der Waals surface area contributed by atoms with Gasteiger partial charge in [-0.1, -0.05) is 16.9 Å². The van der Waals surface area contributed by atoms with E-state index < -0.39 is 11.9 Å². The van der Waals surface area contributed by atoms with Crippen LogP contribution in [-0.2, 0) is 9.59 Å². The summed E-state index contributed by atoms with van der Waals surface area (Å²) >= 11 is 1.41. The zero-order chi connectivity index (χ0) is 20.4. The summed E-state index contributed by atoms with van der Waals surface area (Å²) in [5.74, 6) is -3.65. The van der Waals surface area contributed by atoms with Gasteiger partial charge in [-0.15, -0.1) is 0 Å². The van der Waals surface area contributed by atoms with Gasteiger partial charge in [-0.05, 0) is 25.5 Å². The van der Waals surface area contributed by atoms with Crippen LogP contribution in [0.15, 0.2) is 34.0 Å². The minimum absolute atomic E-state index is 0.110. The number of hydrogen-bond acceptors (Lipinski definition) is 9. The van der Waals surface area contributed by atoms with Crippen LogP contribution in [0.1, 0.15) is 28.6 Å². The molecule has 0 fully saturated rings. The lowest BCUT2D eigenvalue weighted by Crippen LogP contribution is -2.26. The quantitative estimate of drug-likeness (QED) is 0.404. The second-order valence-electron chi connectivity index (χ2n) is 5.24. The van der Waals surface area contributed by atoms with E-state index >= 15 is 0 Å². The molecule has 11 heteroatoms. The fraction of sp³-hybridized carbons (Fsp3) is 0.312. The van der Waals surface area contributed by atoms with Crippen molar-refractivity contribution in [1.82, 2.24) is 10.1 Å². The van der Waals surface area contributed by atoms with E-state index in [2.05, 4.69) is 16.2 Å². The van der Waals surface area contributed by atoms with Gasteiger partial charge in [0.05, 0.1) is 23.1 Å². The van der Waals surface area contributed by atoms with E-state index in [-0.39, 0.29) is 17.9 Å². The van der Waals surface area contributed by atoms with Gasteiger partial charge in [0, 0.05) is 17.8 Å². The molecule has 0 saturated heterocycles. The average molecular weight is 394 g/mol. The summed E-state index contributed by atoms with van der Waals surface area (Å²) in [6.07, 6.45) is 2.00. The topological polar surface area (TPSA) is 184 Å². The molecule has 2 aromatic heterocycles. The normalized spacial score (nSPS) is 12.2. The van der Waals surface area contributed by atoms with Crippen molar-refractivity contribution in [3.05, 3.63) is 41.4 Å². The molecule has 0 aliphatic carbocycles. The first-order valence-corrected chi connectivity index (χ1v) is 8.43. The SMILES string of the molecule is Cc1ccc(C#N)c(SC(C[C@H](N)CO)c2ccon2)n1.O=C(O)C(=O)O. The van der Waals surface area contributed by atoms with Gasteiger partial charge in [-0.25, -0.2) is 14.6 Å². The maximum Gasteiger partial charge on any atom is 0.414 e. The van der Waals surface area contributed by atoms with E-state index in [1.54, 1.807) is 18.2 Å². The third-order valence-electron chi connectivity index (χ3n) is 3.10. The molecule has 1 unspecified atom stereocenters. The molecule has 144 valence electrons. The molecule has 0 amide bonds. The van der Waals surface area contributed by atoms with Gasteiger partial charge in [0.15, 0.2) is 0 Å². The number of aromatic nitrogens is 2. The Hall–Kier alpha value is -2.94. The number of rotatable bonds is 6. The van der Waals surface area contributed by atoms with Crippen LogP contribution in [0.25, 0.3) is 0 Å². The number of aliphatic hydroxyl groups excluding tert-OH is 1. The second-order valence-corrected chi connectivity index (χ2v) is 6.43. The summed E-state index contributed by atoms with van der Waals surface area (Å²) in [4.78, 5) is 22.6. The van der Waals surface area contributed by atoms with Crippen molar-refractivity contribution in [2.45, 2.75) is 29.7 Å². The van der Waals surface area contributed by atoms with Crippen molar-refractivity contribution < 1.29 is 29.4 Å². The Bertz CT molecular complexity index is 794. The van der Waals surface area contributed by atoms with Crippen molar-refractivity contribution in [2.24, 2.45) is 5.73 Å². The van der Waals surface area contributed by atoms with Crippen LogP contribution < -0.4 is 5.73 Å². The highest BCUT2D eigenvalue weighted by atomic mass is 32.2. The van der Waals surface area contributed by atoms with Gasteiger partial charge in [-0.3, -0.25) is 0 Å². The number of carboxylic acid groups (broad SMARTS) is 2. The lowest BCUT2D eigenvalue weighted by Gasteiger charge is -2.17. The Morgan fingerprint density at radius 2 is 2.00 bits per heavy atom. The molecule has 0 spiro atoms. The number of aliphatic hydroxyl groups is 1. The van der Waals surface area contributed by atoms with Crippen molar-refractivity contribution in [1.29, 1.82) is 5.26 Å². The number of nitrogens with zero attached hydrogens (tertiary/aromatic N) is 3. The molecule has 2 atom stereocenters. The summed E-state index contributed by atoms with van der Waals surface area (Å²) in [5, 5.41) is 37.5. The van der Waals surface area contributed by atoms with Crippen molar-refractivity contribution in [2.75, 3.05) is 6.61 Å². The smallest absolute Gasteiger partial charge is 0.414 e. The van der Waals surface area contributed by atoms with E-state index in [0.29, 0.717) is 17.0 Å². The molecule has 0 saturated carbocycles. The fourth-order valence-corrected chi connectivity index (χ4v) is 3.10. The van der Waals surface area contributed by atoms with Crippen LogP contribution in [0.4, 0.5) is 0 Å². The minimum Gasteiger partial charge on any atom is -0.473 e. The molecule has 0 bridgehead atoms. The zero-order valence-corrected chi connectivity index (χ0v) is 15.1. The van der Waals surface area contributed by atoms with E-state index in [9.17, 15) is 5.26 Å². The first-order chi connectivity index (χ1) is 12.8. The number of thioether (sulfide) groups is 1. The van der Waals surface area contributed by atoms with Crippen LogP contribution in [0.3, 0.4) is 0 Å². The predicted octanol–water partition coefficient (Wildman–Crippen LogP) is 0.948. The number of carbonyl (C=O) groups is 2. The van der Waals surface area contributed by atoms with E-state index in [1.807, 2.05) is 6.92 Å². The minimum atomic E-state index is -1.82. The lowest BCUT2D eigenvalue weighted by molar-refractivity contribution is -0.159. The van der Waals surface area contributed by atoms with Crippen molar-refractivity contribution >= 4 is 23.7 Å². The molecule has 0 aliphatic rings. The van der Waals surface area contributed by atoms with E-state index in [1.165, 1.54) is 18.0 Å². The van der Waals surface area contributed by atoms with Gasteiger partial charge >= 0.3 is 11.9 Å². The number of carboxylic acids is 2. The fourth-order valence-electron chi connectivity index (χ4n) is 1.81. The first kappa shape index (κ1) is 22.1. The Morgan fingerprint density at radius 1 is 1.33 bits per heavy atom. The molecular formula is C16H18N4O6S. The van der Waals surface area contributed by atoms with Crippen LogP contribution >= 0.6 is 11.8 Å². The molecule has 2 rings (SSSR count). The molecule has 2 aromatic rings. The Kier molecular flexibility index (Phi) is 8.94.